The van der Waals surface area contributed by atoms with E-state index in [-0.39, 0.29) is 5.91 Å². The molecule has 0 aliphatic carbocycles. The van der Waals surface area contributed by atoms with E-state index in [2.05, 4.69) is 21.1 Å². The minimum absolute atomic E-state index is 0.382. The lowest BCUT2D eigenvalue weighted by molar-refractivity contribution is -0.116. The smallest absolute Gasteiger partial charge is 0.271 e. The molecular formula is C28H28N4O6. The van der Waals surface area contributed by atoms with Gasteiger partial charge in [-0.1, -0.05) is 12.1 Å². The summed E-state index contributed by atoms with van der Waals surface area (Å²) in [4.78, 5) is 24.5. The van der Waals surface area contributed by atoms with Crippen molar-refractivity contribution in [3.05, 3.63) is 89.0 Å². The van der Waals surface area contributed by atoms with Gasteiger partial charge in [-0.15, -0.1) is 0 Å². The van der Waals surface area contributed by atoms with Crippen LogP contribution in [0.1, 0.15) is 27.0 Å². The lowest BCUT2D eigenvalue weighted by atomic mass is 10.1. The molecule has 0 spiro atoms. The molecule has 0 saturated heterocycles. The van der Waals surface area contributed by atoms with E-state index in [0.717, 1.165) is 5.56 Å². The summed E-state index contributed by atoms with van der Waals surface area (Å²) < 4.78 is 20.9. The highest BCUT2D eigenvalue weighted by Crippen LogP contribution is 2.22. The molecule has 0 aliphatic heterocycles. The lowest BCUT2D eigenvalue weighted by Gasteiger charge is -2.05. The van der Waals surface area contributed by atoms with Crippen LogP contribution in [0.25, 0.3) is 6.08 Å². The van der Waals surface area contributed by atoms with Gasteiger partial charge in [0.2, 0.25) is 0 Å². The Bertz CT molecular complexity index is 1310. The molecule has 3 rings (SSSR count). The van der Waals surface area contributed by atoms with Gasteiger partial charge < -0.3 is 18.9 Å². The highest BCUT2D eigenvalue weighted by molar-refractivity contribution is 5.96. The van der Waals surface area contributed by atoms with Crippen molar-refractivity contribution < 1.29 is 28.5 Å². The first-order valence-corrected chi connectivity index (χ1v) is 11.3. The van der Waals surface area contributed by atoms with Crippen molar-refractivity contribution in [3.63, 3.8) is 0 Å². The number of ether oxygens (including phenoxy) is 4. The topological polar surface area (TPSA) is 120 Å². The van der Waals surface area contributed by atoms with E-state index in [4.69, 9.17) is 18.9 Å². The van der Waals surface area contributed by atoms with Gasteiger partial charge in [-0.3, -0.25) is 9.59 Å². The summed E-state index contributed by atoms with van der Waals surface area (Å²) in [7, 11) is 6.21. The number of methoxy groups -OCH3 is 4. The van der Waals surface area contributed by atoms with Crippen LogP contribution >= 0.6 is 0 Å². The fourth-order valence-corrected chi connectivity index (χ4v) is 3.16. The predicted molar refractivity (Wildman–Crippen MR) is 145 cm³/mol. The number of nitrogens with one attached hydrogen (secondary N) is 2. The van der Waals surface area contributed by atoms with Crippen LogP contribution in [0.15, 0.2) is 76.9 Å². The Hall–Kier alpha value is -5.12. The van der Waals surface area contributed by atoms with E-state index >= 15 is 0 Å². The third kappa shape index (κ3) is 8.23. The van der Waals surface area contributed by atoms with Crippen molar-refractivity contribution in [2.75, 3.05) is 28.4 Å². The van der Waals surface area contributed by atoms with Crippen LogP contribution in [-0.2, 0) is 4.79 Å². The van der Waals surface area contributed by atoms with Gasteiger partial charge in [0.15, 0.2) is 0 Å². The minimum atomic E-state index is -0.415. The zero-order chi connectivity index (χ0) is 27.3. The van der Waals surface area contributed by atoms with E-state index in [1.165, 1.54) is 18.5 Å². The Labute approximate surface area is 220 Å². The molecule has 3 aromatic carbocycles. The zero-order valence-electron chi connectivity index (χ0n) is 21.4. The molecule has 0 heterocycles. The van der Waals surface area contributed by atoms with E-state index < -0.39 is 5.91 Å². The molecular weight excluding hydrogens is 488 g/mol. The molecule has 38 heavy (non-hydrogen) atoms. The molecule has 0 saturated carbocycles. The van der Waals surface area contributed by atoms with E-state index in [1.807, 2.05) is 0 Å². The molecule has 196 valence electrons. The first-order valence-electron chi connectivity index (χ1n) is 11.3. The van der Waals surface area contributed by atoms with Crippen LogP contribution in [0.5, 0.6) is 23.0 Å². The maximum atomic E-state index is 12.4. The number of hydrazone groups is 2. The number of nitrogens with zero attached hydrogens (tertiary/aromatic N) is 2. The van der Waals surface area contributed by atoms with Gasteiger partial charge in [0.25, 0.3) is 11.8 Å². The van der Waals surface area contributed by atoms with Crippen molar-refractivity contribution in [1.29, 1.82) is 0 Å². The SMILES string of the molecule is COc1cc(/C=N/NC(=O)/C=C/c2ccc(C(=O)N/N=C/c3cc(OC)cc(OC)c3)cc2)cc(OC)c1. The molecule has 10 nitrogen and oxygen atoms in total. The Balaban J connectivity index is 1.52. The van der Waals surface area contributed by atoms with Crippen molar-refractivity contribution in [3.8, 4) is 23.0 Å². The number of carbonyl (C=O) groups is 2. The molecule has 0 aliphatic rings. The normalized spacial score (nSPS) is 11.1. The van der Waals surface area contributed by atoms with Crippen LogP contribution in [0.2, 0.25) is 0 Å². The molecule has 3 aromatic rings. The summed E-state index contributed by atoms with van der Waals surface area (Å²) in [6.07, 6.45) is 5.92. The molecule has 0 bridgehead atoms. The first-order chi connectivity index (χ1) is 18.4. The van der Waals surface area contributed by atoms with Gasteiger partial charge in [0.05, 0.1) is 40.9 Å². The second kappa shape index (κ2) is 13.8. The quantitative estimate of drug-likeness (QED) is 0.228. The number of carbonyl (C=O) groups excluding carboxylic acids is 2. The van der Waals surface area contributed by atoms with Crippen LogP contribution in [0.3, 0.4) is 0 Å². The monoisotopic (exact) mass is 516 g/mol. The van der Waals surface area contributed by atoms with Crippen molar-refractivity contribution in [2.24, 2.45) is 10.2 Å². The number of hydrogen-bond donors (Lipinski definition) is 2. The van der Waals surface area contributed by atoms with Gasteiger partial charge in [0.1, 0.15) is 23.0 Å². The Kier molecular flexibility index (Phi) is 10.00. The zero-order valence-corrected chi connectivity index (χ0v) is 21.4. The maximum Gasteiger partial charge on any atom is 0.271 e. The summed E-state index contributed by atoms with van der Waals surface area (Å²) >= 11 is 0. The minimum Gasteiger partial charge on any atom is -0.497 e. The molecule has 2 N–H and O–H groups in total. The number of hydrogen-bond acceptors (Lipinski definition) is 8. The van der Waals surface area contributed by atoms with Crippen LogP contribution in [0.4, 0.5) is 0 Å². The third-order valence-corrected chi connectivity index (χ3v) is 5.12. The van der Waals surface area contributed by atoms with Crippen LogP contribution in [-0.4, -0.2) is 52.7 Å². The van der Waals surface area contributed by atoms with Gasteiger partial charge in [-0.25, -0.2) is 10.9 Å². The largest absolute Gasteiger partial charge is 0.497 e. The fourth-order valence-electron chi connectivity index (χ4n) is 3.16. The summed E-state index contributed by atoms with van der Waals surface area (Å²) in [5.41, 5.74) is 7.44. The van der Waals surface area contributed by atoms with Crippen LogP contribution < -0.4 is 29.8 Å². The molecule has 0 unspecified atom stereocenters. The average molecular weight is 517 g/mol. The standard InChI is InChI=1S/C28H28N4O6/c1-35-23-11-20(12-24(15-23)36-2)17-29-31-27(33)10-7-19-5-8-22(9-6-19)28(34)32-30-18-21-13-25(37-3)16-26(14-21)38-4/h5-18H,1-4H3,(H,31,33)(H,32,34)/b10-7+,29-17+,30-18+. The molecule has 0 radical (unpaired) electrons. The summed E-state index contributed by atoms with van der Waals surface area (Å²) in [5.74, 6) is 1.64. The number of rotatable bonds is 11. The number of amides is 2. The van der Waals surface area contributed by atoms with E-state index in [0.29, 0.717) is 39.7 Å². The van der Waals surface area contributed by atoms with Crippen molar-refractivity contribution >= 4 is 30.3 Å². The van der Waals surface area contributed by atoms with Gasteiger partial charge >= 0.3 is 0 Å². The Morgan fingerprint density at radius 1 is 0.632 bits per heavy atom. The first kappa shape index (κ1) is 27.5. The molecule has 0 aromatic heterocycles. The predicted octanol–water partition coefficient (Wildman–Crippen LogP) is 3.65. The maximum absolute atomic E-state index is 12.4. The Morgan fingerprint density at radius 2 is 1.08 bits per heavy atom. The van der Waals surface area contributed by atoms with Crippen molar-refractivity contribution in [2.45, 2.75) is 0 Å². The van der Waals surface area contributed by atoms with Gasteiger partial charge in [-0.05, 0) is 48.0 Å². The van der Waals surface area contributed by atoms with E-state index in [9.17, 15) is 9.59 Å². The molecule has 2 amide bonds. The van der Waals surface area contributed by atoms with Crippen molar-refractivity contribution in [1.82, 2.24) is 10.9 Å². The fraction of sp³-hybridized carbons (Fsp3) is 0.143. The lowest BCUT2D eigenvalue weighted by Crippen LogP contribution is -2.17. The summed E-state index contributed by atoms with van der Waals surface area (Å²) in [5, 5.41) is 7.93. The summed E-state index contributed by atoms with van der Waals surface area (Å²) in [6.45, 7) is 0. The second-order valence-corrected chi connectivity index (χ2v) is 7.68. The highest BCUT2D eigenvalue weighted by Gasteiger charge is 2.05. The second-order valence-electron chi connectivity index (χ2n) is 7.68. The summed E-state index contributed by atoms with van der Waals surface area (Å²) in [6, 6.07) is 17.2. The van der Waals surface area contributed by atoms with Gasteiger partial charge in [0, 0.05) is 34.9 Å². The number of benzene rings is 3. The molecule has 10 heteroatoms. The van der Waals surface area contributed by atoms with Gasteiger partial charge in [-0.2, -0.15) is 10.2 Å². The third-order valence-electron chi connectivity index (χ3n) is 5.12. The van der Waals surface area contributed by atoms with E-state index in [1.54, 1.807) is 95.2 Å². The molecule has 0 fully saturated rings. The van der Waals surface area contributed by atoms with Crippen LogP contribution in [0, 0.1) is 0 Å². The highest BCUT2D eigenvalue weighted by atomic mass is 16.5. The Morgan fingerprint density at radius 3 is 1.53 bits per heavy atom. The molecule has 0 atom stereocenters. The average Bonchev–Trinajstić information content (AvgIpc) is 2.95.